The topological polar surface area (TPSA) is 25.1 Å². The van der Waals surface area contributed by atoms with Gasteiger partial charge in [0.2, 0.25) is 0 Å². The highest BCUT2D eigenvalue weighted by Crippen LogP contribution is 2.56. The minimum absolute atomic E-state index is 0.0190. The fourth-order valence-corrected chi connectivity index (χ4v) is 21.5. The van der Waals surface area contributed by atoms with Crippen LogP contribution in [0.2, 0.25) is 0 Å². The summed E-state index contributed by atoms with van der Waals surface area (Å²) in [6.07, 6.45) is 13.4. The summed E-state index contributed by atoms with van der Waals surface area (Å²) in [7, 11) is 0. The molecule has 16 aromatic rings. The summed E-state index contributed by atoms with van der Waals surface area (Å²) in [5.41, 5.74) is 38.2. The van der Waals surface area contributed by atoms with Crippen molar-refractivity contribution < 1.29 is 0 Å². The van der Waals surface area contributed by atoms with Gasteiger partial charge in [0, 0.05) is 87.5 Å². The standard InChI is InChI=1S/C54H48N2.C30H27N.C24H22BrN/c1-53(2)47-21-13-11-19-41(47)43-28-24-38(32-49(43)53)55(39-25-29-44-42-20-12-14-22-48(42)54(3,4)50(44)33-39)40-26-30-46-45-27-23-36(35-15-7-5-8-16-35)31-51(45)56(52(46)34-40)37-17-9-6-10-18-37;1-29(2)25-11-7-5-9-21(25)23-15-13-19(17-27(23)29)31-20-14-16-24-22-10-6-8-12-26(22)30(3,4)28(24)18-20;25-19-12-14-22-21-13-11-18(17-7-3-1-4-8-17)15-23(21)26(24(22)16-19)20-9-5-2-6-10-20/h6,9-14,17-35H,5,7-8,15-16H2,1-4H3;5-18,31H,1-4H3;2,5-6,9-17H,1,3-4,7-8H2. The van der Waals surface area contributed by atoms with Crippen LogP contribution in [0.3, 0.4) is 0 Å². The molecule has 0 atom stereocenters. The van der Waals surface area contributed by atoms with Gasteiger partial charge in [0.1, 0.15) is 0 Å². The Morgan fingerprint density at radius 2 is 0.575 bits per heavy atom. The number of aromatic nitrogens is 2. The number of anilines is 5. The quantitative estimate of drug-likeness (QED) is 0.156. The molecule has 5 heteroatoms. The Kier molecular flexibility index (Phi) is 17.3. The highest BCUT2D eigenvalue weighted by molar-refractivity contribution is 9.10. The SMILES string of the molecule is Brc1ccc2c3ccc(C4CCCCC4)cc3n(-c3ccccc3)c2c1.CC1(C)c2ccccc2-c2ccc(N(c3ccc4c(c3)C(C)(C)c3ccccc3-4)c3ccc4c5ccc(C6CCCCC6)cc5n(-c5ccccc5)c4c3)cc21.CC1(C)c2ccccc2-c2ccc(Nc3ccc4c(c3)C(C)(C)c3ccccc3-4)cc21. The van der Waals surface area contributed by atoms with Gasteiger partial charge in [0.05, 0.1) is 22.1 Å². The Morgan fingerprint density at radius 1 is 0.274 bits per heavy atom. The van der Waals surface area contributed by atoms with E-state index in [4.69, 9.17) is 0 Å². The first-order valence-electron chi connectivity index (χ1n) is 41.4. The highest BCUT2D eigenvalue weighted by atomic mass is 79.9. The molecule has 6 aliphatic carbocycles. The van der Waals surface area contributed by atoms with Crippen LogP contribution in [0.5, 0.6) is 0 Å². The van der Waals surface area contributed by atoms with Crippen LogP contribution in [0, 0.1) is 0 Å². The monoisotopic (exact) mass is 1530 g/mol. The third kappa shape index (κ3) is 11.8. The average molecular weight is 1530 g/mol. The van der Waals surface area contributed by atoms with Gasteiger partial charge in [-0.2, -0.15) is 0 Å². The predicted molar refractivity (Wildman–Crippen MR) is 482 cm³/mol. The third-order valence-electron chi connectivity index (χ3n) is 27.1. The molecule has 2 fully saturated rings. The fraction of sp³-hybridized carbons (Fsp3) is 0.222. The van der Waals surface area contributed by atoms with E-state index in [0.29, 0.717) is 5.92 Å². The molecule has 0 aliphatic heterocycles. The zero-order valence-corrected chi connectivity index (χ0v) is 67.9. The normalized spacial score (nSPS) is 16.2. The number of fused-ring (bicyclic) bond motifs is 18. The van der Waals surface area contributed by atoms with Gasteiger partial charge >= 0.3 is 0 Å². The van der Waals surface area contributed by atoms with Crippen LogP contribution < -0.4 is 10.2 Å². The number of benzene rings is 14. The van der Waals surface area contributed by atoms with Crippen LogP contribution in [0.15, 0.2) is 308 Å². The Balaban J connectivity index is 0.000000122. The van der Waals surface area contributed by atoms with E-state index in [-0.39, 0.29) is 21.7 Å². The van der Waals surface area contributed by atoms with Gasteiger partial charge in [-0.1, -0.05) is 304 Å². The number of halogens is 1. The number of rotatable bonds is 9. The summed E-state index contributed by atoms with van der Waals surface area (Å²) >= 11 is 3.66. The lowest BCUT2D eigenvalue weighted by Crippen LogP contribution is -2.18. The molecule has 14 aromatic carbocycles. The largest absolute Gasteiger partial charge is 0.356 e. The molecular formula is C108H97BrN4. The molecular weight excluding hydrogens is 1430 g/mol. The maximum absolute atomic E-state index is 3.69. The molecule has 4 nitrogen and oxygen atoms in total. The molecule has 0 bridgehead atoms. The zero-order chi connectivity index (χ0) is 76.7. The van der Waals surface area contributed by atoms with Crippen molar-refractivity contribution in [2.24, 2.45) is 0 Å². The number of nitrogens with zero attached hydrogens (tertiary/aromatic N) is 3. The maximum atomic E-state index is 3.69. The van der Waals surface area contributed by atoms with Crippen molar-refractivity contribution in [3.8, 4) is 55.9 Å². The van der Waals surface area contributed by atoms with Crippen molar-refractivity contribution in [2.75, 3.05) is 10.2 Å². The molecule has 0 spiro atoms. The van der Waals surface area contributed by atoms with Crippen LogP contribution in [0.4, 0.5) is 28.4 Å². The minimum Gasteiger partial charge on any atom is -0.356 e. The van der Waals surface area contributed by atoms with E-state index in [1.807, 2.05) is 0 Å². The summed E-state index contributed by atoms with van der Waals surface area (Å²) in [4.78, 5) is 2.51. The van der Waals surface area contributed by atoms with E-state index < -0.39 is 0 Å². The lowest BCUT2D eigenvalue weighted by molar-refractivity contribution is 0.444. The number of hydrogen-bond acceptors (Lipinski definition) is 2. The van der Waals surface area contributed by atoms with Crippen LogP contribution in [-0.2, 0) is 21.7 Å². The maximum Gasteiger partial charge on any atom is 0.0561 e. The summed E-state index contributed by atoms with van der Waals surface area (Å²) < 4.78 is 6.06. The first-order chi connectivity index (χ1) is 55.0. The number of hydrogen-bond donors (Lipinski definition) is 1. The van der Waals surface area contributed by atoms with Crippen molar-refractivity contribution in [3.05, 3.63) is 363 Å². The minimum atomic E-state index is -0.102. The van der Waals surface area contributed by atoms with Crippen molar-refractivity contribution in [3.63, 3.8) is 0 Å². The van der Waals surface area contributed by atoms with Gasteiger partial charge in [-0.25, -0.2) is 0 Å². The van der Waals surface area contributed by atoms with E-state index in [2.05, 4.69) is 394 Å². The summed E-state index contributed by atoms with van der Waals surface area (Å²) in [6, 6.07) is 114. The molecule has 556 valence electrons. The second-order valence-corrected chi connectivity index (χ2v) is 36.0. The Bertz CT molecular complexity index is 6230. The van der Waals surface area contributed by atoms with E-state index >= 15 is 0 Å². The van der Waals surface area contributed by atoms with Crippen molar-refractivity contribution in [2.45, 2.75) is 153 Å². The van der Waals surface area contributed by atoms with E-state index in [9.17, 15) is 0 Å². The van der Waals surface area contributed by atoms with Crippen LogP contribution in [-0.4, -0.2) is 9.13 Å². The van der Waals surface area contributed by atoms with Crippen LogP contribution in [0.25, 0.3) is 99.5 Å². The van der Waals surface area contributed by atoms with Gasteiger partial charge in [0.25, 0.3) is 0 Å². The molecule has 2 aromatic heterocycles. The second-order valence-electron chi connectivity index (χ2n) is 35.1. The van der Waals surface area contributed by atoms with Crippen LogP contribution in [0.1, 0.15) is 187 Å². The first kappa shape index (κ1) is 70.8. The fourth-order valence-electron chi connectivity index (χ4n) is 21.1. The third-order valence-corrected chi connectivity index (χ3v) is 27.6. The molecule has 1 N–H and O–H groups in total. The summed E-state index contributed by atoms with van der Waals surface area (Å²) in [5, 5.41) is 8.96. The molecule has 2 saturated carbocycles. The highest BCUT2D eigenvalue weighted by Gasteiger charge is 2.40. The molecule has 0 radical (unpaired) electrons. The molecule has 113 heavy (non-hydrogen) atoms. The van der Waals surface area contributed by atoms with Crippen molar-refractivity contribution in [1.29, 1.82) is 0 Å². The summed E-state index contributed by atoms with van der Waals surface area (Å²) in [5.74, 6) is 1.37. The Labute approximate surface area is 675 Å². The van der Waals surface area contributed by atoms with Crippen molar-refractivity contribution >= 4 is 88.0 Å². The van der Waals surface area contributed by atoms with Crippen LogP contribution >= 0.6 is 15.9 Å². The van der Waals surface area contributed by atoms with E-state index in [1.54, 1.807) is 0 Å². The van der Waals surface area contributed by atoms with Gasteiger partial charge in [-0.05, 0) is 247 Å². The number of nitrogens with one attached hydrogen (secondary N) is 1. The lowest BCUT2D eigenvalue weighted by atomic mass is 9.82. The van der Waals surface area contributed by atoms with Gasteiger partial charge in [-0.3, -0.25) is 0 Å². The lowest BCUT2D eigenvalue weighted by Gasteiger charge is -2.30. The van der Waals surface area contributed by atoms with E-state index in [1.165, 1.54) is 231 Å². The van der Waals surface area contributed by atoms with Gasteiger partial charge in [0.15, 0.2) is 0 Å². The van der Waals surface area contributed by atoms with Gasteiger partial charge in [-0.15, -0.1) is 0 Å². The number of para-hydroxylation sites is 2. The van der Waals surface area contributed by atoms with E-state index in [0.717, 1.165) is 27.5 Å². The second kappa shape index (κ2) is 27.6. The molecule has 0 amide bonds. The molecule has 6 aliphatic rings. The zero-order valence-electron chi connectivity index (χ0n) is 66.3. The average Bonchev–Trinajstić information content (AvgIpc) is 1.59. The smallest absolute Gasteiger partial charge is 0.0561 e. The Hall–Kier alpha value is -11.2. The molecule has 2 heterocycles. The summed E-state index contributed by atoms with van der Waals surface area (Å²) in [6.45, 7) is 18.8. The molecule has 0 unspecified atom stereocenters. The molecule has 0 saturated heterocycles. The van der Waals surface area contributed by atoms with Gasteiger partial charge < -0.3 is 19.4 Å². The van der Waals surface area contributed by atoms with Crippen molar-refractivity contribution in [1.82, 2.24) is 9.13 Å². The Morgan fingerprint density at radius 3 is 0.973 bits per heavy atom. The first-order valence-corrected chi connectivity index (χ1v) is 42.2. The predicted octanol–water partition coefficient (Wildman–Crippen LogP) is 30.6. The molecule has 22 rings (SSSR count).